The molecule has 146 valence electrons. The Morgan fingerprint density at radius 2 is 1.67 bits per heavy atom. The molecule has 2 aromatic heterocycles. The molecule has 0 saturated heterocycles. The fourth-order valence-electron chi connectivity index (χ4n) is 3.51. The number of phenols is 1. The van der Waals surface area contributed by atoms with Crippen LogP contribution in [0.5, 0.6) is 5.75 Å². The average molecular weight is 429 g/mol. The van der Waals surface area contributed by atoms with E-state index in [9.17, 15) is 9.90 Å². The third-order valence-electron chi connectivity index (χ3n) is 4.95. The second kappa shape index (κ2) is 7.40. The number of anilines is 1. The van der Waals surface area contributed by atoms with Crippen LogP contribution in [-0.4, -0.2) is 15.9 Å². The Kier molecular flexibility index (Phi) is 4.58. The molecular weight excluding hydrogens is 412 g/mol. The van der Waals surface area contributed by atoms with Crippen LogP contribution in [0.25, 0.3) is 31.7 Å². The maximum atomic E-state index is 13.3. The number of hydrogen-bond donors (Lipinski definition) is 2. The topological polar surface area (TPSA) is 76.2 Å². The van der Waals surface area contributed by atoms with Crippen molar-refractivity contribution in [2.75, 3.05) is 5.73 Å². The van der Waals surface area contributed by atoms with Crippen LogP contribution in [0.15, 0.2) is 78.3 Å². The molecule has 30 heavy (non-hydrogen) atoms. The first-order valence-electron chi connectivity index (χ1n) is 9.27. The van der Waals surface area contributed by atoms with Crippen molar-refractivity contribution in [1.29, 1.82) is 0 Å². The summed E-state index contributed by atoms with van der Waals surface area (Å²) >= 11 is 2.90. The number of benzene rings is 3. The number of hydrogen-bond acceptors (Lipinski definition) is 6. The number of aromatic nitrogens is 1. The molecule has 0 atom stereocenters. The SMILES string of the molecule is Nc1ncsc1-c1ccc(-c2c(C(=O)c3ccccc3)sc3cc(O)ccc23)cc1. The monoisotopic (exact) mass is 428 g/mol. The van der Waals surface area contributed by atoms with Gasteiger partial charge in [0.25, 0.3) is 0 Å². The lowest BCUT2D eigenvalue weighted by atomic mass is 9.97. The second-order valence-electron chi connectivity index (χ2n) is 6.83. The number of carbonyl (C=O) groups excluding carboxylic acids is 1. The average Bonchev–Trinajstić information content (AvgIpc) is 3.37. The molecule has 6 heteroatoms. The van der Waals surface area contributed by atoms with Crippen molar-refractivity contribution in [2.24, 2.45) is 0 Å². The van der Waals surface area contributed by atoms with Gasteiger partial charge in [-0.15, -0.1) is 22.7 Å². The lowest BCUT2D eigenvalue weighted by Crippen LogP contribution is -2.00. The zero-order valence-corrected chi connectivity index (χ0v) is 17.3. The van der Waals surface area contributed by atoms with Crippen LogP contribution < -0.4 is 5.73 Å². The van der Waals surface area contributed by atoms with Gasteiger partial charge in [-0.05, 0) is 29.3 Å². The van der Waals surface area contributed by atoms with Gasteiger partial charge in [-0.2, -0.15) is 0 Å². The molecule has 5 aromatic rings. The molecular formula is C24H16N2O2S2. The van der Waals surface area contributed by atoms with Gasteiger partial charge in [-0.25, -0.2) is 4.98 Å². The Labute approximate surface area is 180 Å². The van der Waals surface area contributed by atoms with E-state index in [-0.39, 0.29) is 11.5 Å². The van der Waals surface area contributed by atoms with Crippen molar-refractivity contribution >= 4 is 44.4 Å². The molecule has 3 N–H and O–H groups in total. The number of thiazole rings is 1. The van der Waals surface area contributed by atoms with Gasteiger partial charge in [0.1, 0.15) is 11.6 Å². The van der Waals surface area contributed by atoms with Gasteiger partial charge in [-0.1, -0.05) is 54.6 Å². The van der Waals surface area contributed by atoms with Crippen molar-refractivity contribution < 1.29 is 9.90 Å². The molecule has 0 spiro atoms. The number of fused-ring (bicyclic) bond motifs is 1. The maximum Gasteiger partial charge on any atom is 0.203 e. The fourth-order valence-corrected chi connectivity index (χ4v) is 5.45. The molecule has 0 aliphatic rings. The molecule has 0 amide bonds. The van der Waals surface area contributed by atoms with E-state index < -0.39 is 0 Å². The number of aromatic hydroxyl groups is 1. The highest BCUT2D eigenvalue weighted by atomic mass is 32.1. The van der Waals surface area contributed by atoms with E-state index in [0.29, 0.717) is 16.3 Å². The van der Waals surface area contributed by atoms with Gasteiger partial charge < -0.3 is 10.8 Å². The lowest BCUT2D eigenvalue weighted by Gasteiger charge is -2.07. The minimum atomic E-state index is -0.0259. The van der Waals surface area contributed by atoms with Crippen molar-refractivity contribution in [1.82, 2.24) is 4.98 Å². The molecule has 4 nitrogen and oxygen atoms in total. The zero-order chi connectivity index (χ0) is 20.7. The molecule has 0 radical (unpaired) electrons. The van der Waals surface area contributed by atoms with E-state index in [4.69, 9.17) is 5.73 Å². The normalized spacial score (nSPS) is 11.1. The van der Waals surface area contributed by atoms with E-state index >= 15 is 0 Å². The summed E-state index contributed by atoms with van der Waals surface area (Å²) < 4.78 is 0.875. The predicted octanol–water partition coefficient (Wildman–Crippen LogP) is 6.21. The summed E-state index contributed by atoms with van der Waals surface area (Å²) in [5.41, 5.74) is 11.1. The molecule has 0 aliphatic carbocycles. The molecule has 0 saturated carbocycles. The smallest absolute Gasteiger partial charge is 0.203 e. The van der Waals surface area contributed by atoms with Crippen molar-refractivity contribution in [2.45, 2.75) is 0 Å². The van der Waals surface area contributed by atoms with E-state index in [1.807, 2.05) is 60.7 Å². The largest absolute Gasteiger partial charge is 0.508 e. The van der Waals surface area contributed by atoms with E-state index in [1.54, 1.807) is 17.6 Å². The number of phenolic OH excluding ortho intramolecular Hbond substituents is 1. The molecule has 2 heterocycles. The maximum absolute atomic E-state index is 13.3. The molecule has 5 rings (SSSR count). The summed E-state index contributed by atoms with van der Waals surface area (Å²) in [6.45, 7) is 0. The highest BCUT2D eigenvalue weighted by Gasteiger charge is 2.21. The summed E-state index contributed by atoms with van der Waals surface area (Å²) in [5, 5.41) is 10.9. The van der Waals surface area contributed by atoms with Crippen molar-refractivity contribution in [3.8, 4) is 27.3 Å². The van der Waals surface area contributed by atoms with Gasteiger partial charge in [0.05, 0.1) is 15.3 Å². The standard InChI is InChI=1S/C24H16N2O2S2/c25-24-22(29-13-26-24)16-8-6-14(7-9-16)20-18-11-10-17(27)12-19(18)30-23(20)21(28)15-4-2-1-3-5-15/h1-13,27H,25H2. The number of nitrogens with two attached hydrogens (primary N) is 1. The predicted molar refractivity (Wildman–Crippen MR) is 124 cm³/mol. The molecule has 0 aliphatic heterocycles. The first kappa shape index (κ1) is 18.5. The van der Waals surface area contributed by atoms with Crippen LogP contribution in [0.2, 0.25) is 0 Å². The molecule has 0 bridgehead atoms. The Bertz CT molecular complexity index is 1370. The van der Waals surface area contributed by atoms with Gasteiger partial charge in [0.15, 0.2) is 0 Å². The van der Waals surface area contributed by atoms with Crippen LogP contribution in [0.1, 0.15) is 15.2 Å². The molecule has 0 fully saturated rings. The Balaban J connectivity index is 1.68. The highest BCUT2D eigenvalue weighted by Crippen LogP contribution is 2.42. The molecule has 3 aromatic carbocycles. The van der Waals surface area contributed by atoms with Crippen molar-refractivity contribution in [3.05, 3.63) is 88.7 Å². The minimum Gasteiger partial charge on any atom is -0.508 e. The van der Waals surface area contributed by atoms with Crippen LogP contribution in [0.3, 0.4) is 0 Å². The zero-order valence-electron chi connectivity index (χ0n) is 15.7. The number of nitrogens with zero attached hydrogens (tertiary/aromatic N) is 1. The van der Waals surface area contributed by atoms with E-state index in [1.165, 1.54) is 22.7 Å². The van der Waals surface area contributed by atoms with Gasteiger partial charge >= 0.3 is 0 Å². The second-order valence-corrected chi connectivity index (χ2v) is 8.73. The number of nitrogen functional groups attached to an aromatic ring is 1. The number of thiophene rings is 1. The summed E-state index contributed by atoms with van der Waals surface area (Å²) in [6, 6.07) is 22.5. The third-order valence-corrected chi connectivity index (χ3v) is 6.99. The summed E-state index contributed by atoms with van der Waals surface area (Å²) in [7, 11) is 0. The first-order valence-corrected chi connectivity index (χ1v) is 11.0. The quantitative estimate of drug-likeness (QED) is 0.334. The minimum absolute atomic E-state index is 0.0259. The Hall–Kier alpha value is -3.48. The van der Waals surface area contributed by atoms with E-state index in [2.05, 4.69) is 4.98 Å². The van der Waals surface area contributed by atoms with Gasteiger partial charge in [0.2, 0.25) is 5.78 Å². The number of ketones is 1. The van der Waals surface area contributed by atoms with E-state index in [0.717, 1.165) is 31.7 Å². The Morgan fingerprint density at radius 3 is 2.37 bits per heavy atom. The van der Waals surface area contributed by atoms with Crippen LogP contribution >= 0.6 is 22.7 Å². The number of rotatable bonds is 4. The third kappa shape index (κ3) is 3.16. The van der Waals surface area contributed by atoms with Gasteiger partial charge in [0, 0.05) is 21.2 Å². The van der Waals surface area contributed by atoms with Gasteiger partial charge in [-0.3, -0.25) is 4.79 Å². The summed E-state index contributed by atoms with van der Waals surface area (Å²) in [5.74, 6) is 0.677. The summed E-state index contributed by atoms with van der Waals surface area (Å²) in [4.78, 5) is 19.0. The molecule has 0 unspecified atom stereocenters. The van der Waals surface area contributed by atoms with Crippen LogP contribution in [0.4, 0.5) is 5.82 Å². The van der Waals surface area contributed by atoms with Crippen molar-refractivity contribution in [3.63, 3.8) is 0 Å². The van der Waals surface area contributed by atoms with Crippen LogP contribution in [-0.2, 0) is 0 Å². The lowest BCUT2D eigenvalue weighted by molar-refractivity contribution is 0.104. The Morgan fingerprint density at radius 1 is 0.933 bits per heavy atom. The number of carbonyl (C=O) groups is 1. The fraction of sp³-hybridized carbons (Fsp3) is 0. The first-order chi connectivity index (χ1) is 14.6. The van der Waals surface area contributed by atoms with Crippen LogP contribution in [0, 0.1) is 0 Å². The highest BCUT2D eigenvalue weighted by molar-refractivity contribution is 7.21. The summed E-state index contributed by atoms with van der Waals surface area (Å²) in [6.07, 6.45) is 0.